The summed E-state index contributed by atoms with van der Waals surface area (Å²) in [4.78, 5) is 0. The monoisotopic (exact) mass is 668 g/mol. The van der Waals surface area contributed by atoms with Crippen LogP contribution in [0.15, 0.2) is 37.3 Å². The maximum atomic E-state index is 11.3. The van der Waals surface area contributed by atoms with Crippen LogP contribution >= 0.6 is 0 Å². The Kier molecular flexibility index (Phi) is 17.4. The van der Waals surface area contributed by atoms with E-state index in [2.05, 4.69) is 78.8 Å². The molecule has 0 aliphatic heterocycles. The van der Waals surface area contributed by atoms with Crippen LogP contribution in [0.2, 0.25) is 0 Å². The molecule has 11 heteroatoms. The molecule has 0 aliphatic rings. The van der Waals surface area contributed by atoms with Gasteiger partial charge in [-0.15, -0.1) is 0 Å². The Balaban J connectivity index is 0. The van der Waals surface area contributed by atoms with Crippen LogP contribution < -0.4 is 0 Å². The van der Waals surface area contributed by atoms with E-state index in [1.54, 1.807) is 0 Å². The molecule has 0 radical (unpaired) electrons. The number of unbranched alkanes of at least 4 members (excludes halogenated alkanes) is 1. The third kappa shape index (κ3) is 18.2. The maximum absolute atomic E-state index is 11.3. The number of aliphatic hydroxyl groups is 2. The molecule has 40 heavy (non-hydrogen) atoms. The van der Waals surface area contributed by atoms with Crippen molar-refractivity contribution in [3.8, 4) is 0 Å². The molecule has 2 N–H and O–H groups in total. The Bertz CT molecular complexity index is 885. The van der Waals surface area contributed by atoms with Crippen LogP contribution in [0, 0.1) is 5.41 Å². The summed E-state index contributed by atoms with van der Waals surface area (Å²) < 4.78 is 77.6. The van der Waals surface area contributed by atoms with Gasteiger partial charge < -0.3 is 10.2 Å². The molecule has 0 fully saturated rings. The fourth-order valence-electron chi connectivity index (χ4n) is 2.44. The van der Waals surface area contributed by atoms with Gasteiger partial charge in [0.2, 0.25) is 0 Å². The van der Waals surface area contributed by atoms with Gasteiger partial charge in [0.15, 0.2) is 11.2 Å². The van der Waals surface area contributed by atoms with E-state index in [1.165, 1.54) is 16.8 Å². The van der Waals surface area contributed by atoms with Crippen LogP contribution in [0.3, 0.4) is 0 Å². The summed E-state index contributed by atoms with van der Waals surface area (Å²) in [5, 5.41) is 16.5. The Morgan fingerprint density at radius 2 is 1.15 bits per heavy atom. The average Bonchev–Trinajstić information content (AvgIpc) is 2.72. The Labute approximate surface area is 244 Å². The molecular weight excluding hydrogens is 618 g/mol. The Morgan fingerprint density at radius 1 is 0.775 bits per heavy atom. The molecule has 0 spiro atoms. The molecule has 0 amide bonds. The first-order valence-electron chi connectivity index (χ1n) is 13.1. The first-order chi connectivity index (χ1) is 17.7. The number of nitrogens with zero attached hydrogens (tertiary/aromatic N) is 2. The van der Waals surface area contributed by atoms with E-state index in [1.807, 2.05) is 0 Å². The first kappa shape index (κ1) is 40.9. The zero-order valence-electron chi connectivity index (χ0n) is 25.6. The minimum atomic E-state index is -4.51. The molecule has 0 bridgehead atoms. The zero-order chi connectivity index (χ0) is 32.2. The Morgan fingerprint density at radius 3 is 1.45 bits per heavy atom. The van der Waals surface area contributed by atoms with Crippen LogP contribution in [-0.2, 0) is 18.2 Å². The van der Waals surface area contributed by atoms with Crippen LogP contribution in [-0.4, -0.2) is 40.3 Å². The van der Waals surface area contributed by atoms with Crippen molar-refractivity contribution in [2.75, 3.05) is 6.54 Å². The summed E-state index contributed by atoms with van der Waals surface area (Å²) in [5.41, 5.74) is -0.875. The molecule has 0 atom stereocenters. The van der Waals surface area contributed by atoms with Crippen LogP contribution in [0.5, 0.6) is 0 Å². The summed E-state index contributed by atoms with van der Waals surface area (Å²) in [7, 11) is 0. The van der Waals surface area contributed by atoms with Crippen molar-refractivity contribution in [1.82, 2.24) is 0 Å². The number of alkyl halides is 6. The molecule has 0 unspecified atom stereocenters. The second kappa shape index (κ2) is 17.0. The molecule has 0 heterocycles. The van der Waals surface area contributed by atoms with Crippen molar-refractivity contribution < 1.29 is 54.8 Å². The number of hydrogen-bond acceptors (Lipinski definition) is 4. The topological polar surface area (TPSA) is 65.2 Å². The van der Waals surface area contributed by atoms with Gasteiger partial charge >= 0.3 is 170 Å². The molecule has 0 aromatic heterocycles. The zero-order valence-corrected chi connectivity index (χ0v) is 27.6. The quantitative estimate of drug-likeness (QED) is 0.132. The summed E-state index contributed by atoms with van der Waals surface area (Å²) in [6, 6.07) is 6.61. The van der Waals surface area contributed by atoms with Crippen molar-refractivity contribution in [2.24, 2.45) is 12.4 Å². The van der Waals surface area contributed by atoms with Gasteiger partial charge in [0.25, 0.3) is 0 Å². The molecule has 0 aliphatic carbocycles. The summed E-state index contributed by atoms with van der Waals surface area (Å²) >= 11 is -0.646. The van der Waals surface area contributed by atoms with Crippen molar-refractivity contribution in [2.45, 2.75) is 124 Å². The van der Waals surface area contributed by atoms with Gasteiger partial charge in [-0.05, 0) is 27.7 Å². The van der Waals surface area contributed by atoms with E-state index in [0.29, 0.717) is 39.5 Å². The Hall–Kier alpha value is -1.25. The molecule has 1 rings (SSSR count). The average molecular weight is 667 g/mol. The van der Waals surface area contributed by atoms with Gasteiger partial charge in [0.05, 0.1) is 0 Å². The molecule has 1 aromatic carbocycles. The van der Waals surface area contributed by atoms with E-state index in [9.17, 15) is 26.3 Å². The third-order valence-corrected chi connectivity index (χ3v) is 6.54. The predicted molar refractivity (Wildman–Crippen MR) is 147 cm³/mol. The second-order valence-electron chi connectivity index (χ2n) is 12.1. The number of rotatable bonds is 7. The van der Waals surface area contributed by atoms with Gasteiger partial charge in [-0.2, -0.15) is 26.3 Å². The van der Waals surface area contributed by atoms with E-state index in [4.69, 9.17) is 17.2 Å². The van der Waals surface area contributed by atoms with Gasteiger partial charge in [-0.1, -0.05) is 0 Å². The molecule has 234 valence electrons. The summed E-state index contributed by atoms with van der Waals surface area (Å²) in [6.45, 7) is 19.4. The van der Waals surface area contributed by atoms with Crippen molar-refractivity contribution in [3.05, 3.63) is 41.5 Å². The van der Waals surface area contributed by atoms with Crippen LogP contribution in [0.25, 0.3) is 0 Å². The minimum absolute atomic E-state index is 0.286. The normalized spacial score (nSPS) is 13.0. The van der Waals surface area contributed by atoms with E-state index in [0.717, 1.165) is 19.4 Å². The van der Waals surface area contributed by atoms with Gasteiger partial charge in [-0.25, -0.2) is 0 Å². The molecule has 0 saturated heterocycles. The number of hydrogen-bond donors (Lipinski definition) is 2. The molecule has 1 aromatic rings. The predicted octanol–water partition coefficient (Wildman–Crippen LogP) is 10.0. The second-order valence-corrected chi connectivity index (χ2v) is 13.6. The molecule has 0 saturated carbocycles. The van der Waals surface area contributed by atoms with Crippen LogP contribution in [0.1, 0.15) is 112 Å². The van der Waals surface area contributed by atoms with E-state index in [-0.39, 0.29) is 5.41 Å². The number of benzene rings is 1. The van der Waals surface area contributed by atoms with Crippen molar-refractivity contribution >= 4 is 5.69 Å². The number of allylic oxidation sites excluding steroid dienone is 2. The summed E-state index contributed by atoms with van der Waals surface area (Å²) in [6.07, 6.45) is -2.18. The number of halogens is 6. The van der Waals surface area contributed by atoms with Crippen molar-refractivity contribution in [1.29, 1.82) is 0 Å². The third-order valence-electron chi connectivity index (χ3n) is 5.16. The fourth-order valence-corrected chi connectivity index (χ4v) is 3.82. The first-order valence-corrected chi connectivity index (χ1v) is 14.9. The van der Waals surface area contributed by atoms with Crippen molar-refractivity contribution in [3.63, 3.8) is 0 Å². The SMILES string of the molecule is CC(C)(O)C(F)(F)F.CC(C)(O)C(F)(F)F.CC(C)c1cccc(C(C)C)c1[N]=[Mo]=[N]CCC/C=C/C(C)(C)C. The fraction of sp³-hybridized carbons (Fsp3) is 0.724. The summed E-state index contributed by atoms with van der Waals surface area (Å²) in [5.74, 6) is 1.02. The van der Waals surface area contributed by atoms with Gasteiger partial charge in [0, 0.05) is 0 Å². The standard InChI is InChI=1S/C12H17N.C9H17N.2C4H7F3O.Mo/c1-8(2)10-6-5-7-11(9(3)4)12(10)13;1-9(2,3)7-5-4-6-8-10;2*1-3(2,8)4(5,6)7;/h5-9H,1-4H3;5,7H,4,6,8H2,1-3H3;2*8H,1-2H3;/b;7-5+;;;. The molecular formula is C29H48F6MoN2O2. The van der Waals surface area contributed by atoms with E-state index >= 15 is 0 Å². The van der Waals surface area contributed by atoms with Gasteiger partial charge in [-0.3, -0.25) is 0 Å². The van der Waals surface area contributed by atoms with Crippen LogP contribution in [0.4, 0.5) is 32.0 Å². The molecule has 4 nitrogen and oxygen atoms in total. The van der Waals surface area contributed by atoms with E-state index < -0.39 is 41.8 Å². The van der Waals surface area contributed by atoms with Gasteiger partial charge in [0.1, 0.15) is 0 Å².